The van der Waals surface area contributed by atoms with E-state index in [1.807, 2.05) is 0 Å². The first kappa shape index (κ1) is 11.1. The predicted molar refractivity (Wildman–Crippen MR) is 65.0 cm³/mol. The minimum absolute atomic E-state index is 0.00959. The van der Waals surface area contributed by atoms with E-state index >= 15 is 0 Å². The Kier molecular flexibility index (Phi) is 2.34. The number of aromatic amines is 2. The number of carbonyl (C=O) groups excluding carboxylic acids is 1. The van der Waals surface area contributed by atoms with Crippen LogP contribution < -0.4 is 16.0 Å². The monoisotopic (exact) mass is 258 g/mol. The van der Waals surface area contributed by atoms with E-state index < -0.39 is 11.2 Å². The van der Waals surface area contributed by atoms with E-state index in [9.17, 15) is 14.4 Å². The average Bonchev–Trinajstić information content (AvgIpc) is 2.37. The summed E-state index contributed by atoms with van der Waals surface area (Å²) in [4.78, 5) is 45.7. The average molecular weight is 258 g/mol. The minimum Gasteiger partial charge on any atom is -0.429 e. The van der Waals surface area contributed by atoms with Gasteiger partial charge in [0.05, 0.1) is 11.0 Å². The summed E-state index contributed by atoms with van der Waals surface area (Å²) in [5.74, 6) is 0.289. The van der Waals surface area contributed by atoms with Crippen LogP contribution in [0, 0.1) is 0 Å². The van der Waals surface area contributed by atoms with Gasteiger partial charge >= 0.3 is 5.69 Å². The molecule has 94 valence electrons. The normalized spacial score (nSPS) is 10.7. The van der Waals surface area contributed by atoms with Gasteiger partial charge in [-0.2, -0.15) is 0 Å². The van der Waals surface area contributed by atoms with Crippen molar-refractivity contribution < 1.29 is 9.53 Å². The molecule has 0 spiro atoms. The highest BCUT2D eigenvalue weighted by Crippen LogP contribution is 2.18. The van der Waals surface area contributed by atoms with Crippen molar-refractivity contribution in [2.45, 2.75) is 0 Å². The molecular formula is C11H6N4O4. The summed E-state index contributed by atoms with van der Waals surface area (Å²) in [6.45, 7) is 0.292. The van der Waals surface area contributed by atoms with Crippen LogP contribution in [0.15, 0.2) is 27.8 Å². The van der Waals surface area contributed by atoms with E-state index in [-0.39, 0.29) is 16.9 Å². The third kappa shape index (κ3) is 1.84. The molecule has 0 atom stereocenters. The molecule has 3 aromatic rings. The van der Waals surface area contributed by atoms with Crippen LogP contribution in [-0.4, -0.2) is 26.4 Å². The molecule has 0 saturated carbocycles. The van der Waals surface area contributed by atoms with Crippen molar-refractivity contribution in [2.24, 2.45) is 0 Å². The van der Waals surface area contributed by atoms with E-state index in [1.165, 1.54) is 12.1 Å². The Morgan fingerprint density at radius 1 is 1.11 bits per heavy atom. The predicted octanol–water partition coefficient (Wildman–Crippen LogP) is -0.305. The van der Waals surface area contributed by atoms with Crippen LogP contribution in [0.2, 0.25) is 0 Å². The van der Waals surface area contributed by atoms with Crippen LogP contribution in [0.3, 0.4) is 0 Å². The second-order valence-electron chi connectivity index (χ2n) is 3.69. The highest BCUT2D eigenvalue weighted by atomic mass is 16.5. The Bertz CT molecular complexity index is 912. The molecule has 3 rings (SSSR count). The lowest BCUT2D eigenvalue weighted by molar-refractivity contribution is -0.120. The van der Waals surface area contributed by atoms with Crippen LogP contribution in [-0.2, 0) is 4.79 Å². The number of fused-ring (bicyclic) bond motifs is 2. The number of carbonyl (C=O) groups is 1. The summed E-state index contributed by atoms with van der Waals surface area (Å²) >= 11 is 0. The summed E-state index contributed by atoms with van der Waals surface area (Å²) in [5.41, 5.74) is -0.320. The molecule has 0 unspecified atom stereocenters. The van der Waals surface area contributed by atoms with Crippen LogP contribution in [0.4, 0.5) is 0 Å². The first-order valence-corrected chi connectivity index (χ1v) is 5.22. The molecule has 2 N–H and O–H groups in total. The molecule has 0 saturated heterocycles. The maximum absolute atomic E-state index is 11.6. The number of nitrogens with zero attached hydrogens (tertiary/aromatic N) is 2. The largest absolute Gasteiger partial charge is 0.429 e. The van der Waals surface area contributed by atoms with Crippen LogP contribution in [0.5, 0.6) is 5.75 Å². The summed E-state index contributed by atoms with van der Waals surface area (Å²) in [5, 5.41) is 0. The molecule has 2 heterocycles. The Morgan fingerprint density at radius 2 is 1.95 bits per heavy atom. The minimum atomic E-state index is -0.646. The lowest BCUT2D eigenvalue weighted by atomic mass is 10.3. The molecule has 0 aliphatic carbocycles. The van der Waals surface area contributed by atoms with Crippen LogP contribution in [0.1, 0.15) is 0 Å². The third-order valence-corrected chi connectivity index (χ3v) is 2.49. The van der Waals surface area contributed by atoms with E-state index in [2.05, 4.69) is 24.7 Å². The summed E-state index contributed by atoms with van der Waals surface area (Å²) in [7, 11) is 0. The van der Waals surface area contributed by atoms with Crippen molar-refractivity contribution in [3.05, 3.63) is 39.0 Å². The van der Waals surface area contributed by atoms with E-state index in [4.69, 9.17) is 0 Å². The van der Waals surface area contributed by atoms with Crippen molar-refractivity contribution in [1.29, 1.82) is 0 Å². The van der Waals surface area contributed by atoms with Crippen molar-refractivity contribution in [1.82, 2.24) is 19.9 Å². The Balaban J connectivity index is 2.38. The lowest BCUT2D eigenvalue weighted by Gasteiger charge is -2.01. The SMILES string of the molecule is O=COc1ccc2nc3[nH]c(=O)[nH]c(=O)c3nc2c1. The third-order valence-electron chi connectivity index (χ3n) is 2.49. The summed E-state index contributed by atoms with van der Waals surface area (Å²) in [6.07, 6.45) is 0. The Labute approximate surface area is 104 Å². The smallest absolute Gasteiger partial charge is 0.327 e. The zero-order valence-electron chi connectivity index (χ0n) is 9.34. The second-order valence-corrected chi connectivity index (χ2v) is 3.69. The zero-order valence-corrected chi connectivity index (χ0v) is 9.34. The number of H-pyrrole nitrogens is 2. The van der Waals surface area contributed by atoms with Gasteiger partial charge in [0.15, 0.2) is 11.2 Å². The molecule has 0 aliphatic rings. The number of aromatic nitrogens is 4. The molecular weight excluding hydrogens is 252 g/mol. The number of ether oxygens (including phenoxy) is 1. The fourth-order valence-corrected chi connectivity index (χ4v) is 1.71. The van der Waals surface area contributed by atoms with Gasteiger partial charge in [-0.1, -0.05) is 0 Å². The van der Waals surface area contributed by atoms with Crippen molar-refractivity contribution >= 4 is 28.7 Å². The fraction of sp³-hybridized carbons (Fsp3) is 0. The number of benzene rings is 1. The number of hydrogen-bond acceptors (Lipinski definition) is 6. The van der Waals surface area contributed by atoms with Gasteiger partial charge in [0.25, 0.3) is 12.0 Å². The number of nitrogens with one attached hydrogen (secondary N) is 2. The summed E-state index contributed by atoms with van der Waals surface area (Å²) < 4.78 is 4.68. The van der Waals surface area contributed by atoms with Gasteiger partial charge in [0.2, 0.25) is 0 Å². The Morgan fingerprint density at radius 3 is 2.74 bits per heavy atom. The van der Waals surface area contributed by atoms with E-state index in [0.717, 1.165) is 0 Å². The number of hydrogen-bond donors (Lipinski definition) is 2. The summed E-state index contributed by atoms with van der Waals surface area (Å²) in [6, 6.07) is 4.57. The van der Waals surface area contributed by atoms with Crippen molar-refractivity contribution in [2.75, 3.05) is 0 Å². The zero-order chi connectivity index (χ0) is 13.4. The molecule has 8 nitrogen and oxygen atoms in total. The molecule has 0 aliphatic heterocycles. The van der Waals surface area contributed by atoms with Gasteiger partial charge in [-0.15, -0.1) is 0 Å². The van der Waals surface area contributed by atoms with E-state index in [0.29, 0.717) is 17.5 Å². The van der Waals surface area contributed by atoms with E-state index in [1.54, 1.807) is 6.07 Å². The highest BCUT2D eigenvalue weighted by molar-refractivity contribution is 5.84. The molecule has 0 radical (unpaired) electrons. The van der Waals surface area contributed by atoms with Crippen molar-refractivity contribution in [3.63, 3.8) is 0 Å². The highest BCUT2D eigenvalue weighted by Gasteiger charge is 2.07. The van der Waals surface area contributed by atoms with Gasteiger partial charge in [0.1, 0.15) is 5.75 Å². The topological polar surface area (TPSA) is 118 Å². The van der Waals surface area contributed by atoms with Gasteiger partial charge in [-0.05, 0) is 12.1 Å². The van der Waals surface area contributed by atoms with Crippen LogP contribution in [0.25, 0.3) is 22.2 Å². The van der Waals surface area contributed by atoms with Gasteiger partial charge < -0.3 is 4.74 Å². The second kappa shape index (κ2) is 4.02. The van der Waals surface area contributed by atoms with Gasteiger partial charge in [0, 0.05) is 6.07 Å². The quantitative estimate of drug-likeness (QED) is 0.481. The van der Waals surface area contributed by atoms with Gasteiger partial charge in [-0.25, -0.2) is 14.8 Å². The molecule has 2 aromatic heterocycles. The molecule has 19 heavy (non-hydrogen) atoms. The van der Waals surface area contributed by atoms with Crippen LogP contribution >= 0.6 is 0 Å². The molecule has 0 bridgehead atoms. The molecule has 0 amide bonds. The maximum atomic E-state index is 11.6. The maximum Gasteiger partial charge on any atom is 0.327 e. The first-order chi connectivity index (χ1) is 9.17. The van der Waals surface area contributed by atoms with Crippen molar-refractivity contribution in [3.8, 4) is 5.75 Å². The number of rotatable bonds is 2. The standard InChI is InChI=1S/C11H6N4O4/c16-4-19-5-1-2-6-7(3-5)12-8-9(13-6)14-11(18)15-10(8)17/h1-4H,(H2,13,14,15,17,18). The molecule has 8 heteroatoms. The lowest BCUT2D eigenvalue weighted by Crippen LogP contribution is -2.23. The first-order valence-electron chi connectivity index (χ1n) is 5.22. The molecule has 0 fully saturated rings. The fourth-order valence-electron chi connectivity index (χ4n) is 1.71. The van der Waals surface area contributed by atoms with Gasteiger partial charge in [-0.3, -0.25) is 19.6 Å². The Hall–Kier alpha value is -3.03. The molecule has 1 aromatic carbocycles.